The molecule has 1 aliphatic heterocycles. The third-order valence-electron chi connectivity index (χ3n) is 9.83. The molecule has 288 valence electrons. The fourth-order valence-corrected chi connectivity index (χ4v) is 9.99. The number of nitrogens with one attached hydrogen (secondary N) is 1. The SMILES string of the molecule is CN(C)c1ccc2c(c1)[Si](C)(C)C1=CC(=[N+](C)C)C=CC1=C2c1cc(C(=O)NCCOCCOCCCc2c([N+](=O)[O-])cccc2[N+](=O)[O-])ccc1C(=O)[O-]. The van der Waals surface area contributed by atoms with Gasteiger partial charge in [0.25, 0.3) is 17.3 Å². The number of carboxylic acids is 1. The molecule has 0 radical (unpaired) electrons. The van der Waals surface area contributed by atoms with Crippen LogP contribution in [0.15, 0.2) is 83.6 Å². The van der Waals surface area contributed by atoms with Crippen LogP contribution in [0.5, 0.6) is 0 Å². The van der Waals surface area contributed by atoms with Crippen LogP contribution in [0.3, 0.4) is 0 Å². The zero-order valence-electron chi connectivity index (χ0n) is 31.8. The van der Waals surface area contributed by atoms with Crippen molar-refractivity contribution in [1.29, 1.82) is 0 Å². The van der Waals surface area contributed by atoms with Crippen molar-refractivity contribution >= 4 is 53.5 Å². The van der Waals surface area contributed by atoms with E-state index in [2.05, 4.69) is 30.6 Å². The first-order valence-electron chi connectivity index (χ1n) is 17.8. The Kier molecular flexibility index (Phi) is 12.6. The van der Waals surface area contributed by atoms with Crippen molar-refractivity contribution in [1.82, 2.24) is 5.32 Å². The van der Waals surface area contributed by atoms with Gasteiger partial charge in [-0.1, -0.05) is 25.2 Å². The minimum atomic E-state index is -2.29. The van der Waals surface area contributed by atoms with Gasteiger partial charge in [0, 0.05) is 68.3 Å². The van der Waals surface area contributed by atoms with E-state index in [1.54, 1.807) is 6.07 Å². The van der Waals surface area contributed by atoms with Crippen molar-refractivity contribution in [3.8, 4) is 0 Å². The molecule has 0 saturated carbocycles. The Morgan fingerprint density at radius 2 is 1.53 bits per heavy atom. The summed E-state index contributed by atoms with van der Waals surface area (Å²) < 4.78 is 13.2. The largest absolute Gasteiger partial charge is 0.545 e. The van der Waals surface area contributed by atoms with Crippen LogP contribution in [-0.2, 0) is 15.9 Å². The summed E-state index contributed by atoms with van der Waals surface area (Å²) in [5, 5.41) is 40.4. The standard InChI is InChI=1S/C40H45N5O9Si/c1-42(2)27-13-16-31-36(24-27)55(5,6)37-25-28(43(3)4)14-17-32(37)38(31)33-23-26(12-15-29(33)40(47)48)39(46)41-18-20-54-22-21-53-19-8-9-30-34(44(49)50)10-7-11-35(30)45(51)52/h7,10-17,23-25H,8-9,18-22H2,1-6H3,(H-,41,46,47,48). The highest BCUT2D eigenvalue weighted by molar-refractivity contribution is 6.98. The number of nitro groups is 2. The van der Waals surface area contributed by atoms with Gasteiger partial charge in [-0.15, -0.1) is 0 Å². The Morgan fingerprint density at radius 3 is 2.15 bits per heavy atom. The monoisotopic (exact) mass is 767 g/mol. The predicted octanol–water partition coefficient (Wildman–Crippen LogP) is 3.81. The van der Waals surface area contributed by atoms with Gasteiger partial charge < -0.3 is 29.6 Å². The summed E-state index contributed by atoms with van der Waals surface area (Å²) in [5.41, 5.74) is 4.84. The number of rotatable bonds is 16. The second-order valence-corrected chi connectivity index (χ2v) is 18.5. The predicted molar refractivity (Wildman–Crippen MR) is 211 cm³/mol. The number of hydrogen-bond donors (Lipinski definition) is 1. The molecule has 0 aromatic heterocycles. The number of carbonyl (C=O) groups excluding carboxylic acids is 2. The van der Waals surface area contributed by atoms with Crippen molar-refractivity contribution in [2.75, 3.05) is 66.1 Å². The number of benzene rings is 3. The van der Waals surface area contributed by atoms with Crippen molar-refractivity contribution in [3.63, 3.8) is 0 Å². The lowest BCUT2D eigenvalue weighted by molar-refractivity contribution is -0.462. The molecule has 15 heteroatoms. The summed E-state index contributed by atoms with van der Waals surface area (Å²) in [7, 11) is 5.66. The molecule has 1 amide bonds. The van der Waals surface area contributed by atoms with E-state index in [-0.39, 0.29) is 67.5 Å². The number of carbonyl (C=O) groups is 2. The molecular weight excluding hydrogens is 723 g/mol. The molecule has 0 atom stereocenters. The highest BCUT2D eigenvalue weighted by Gasteiger charge is 2.41. The lowest BCUT2D eigenvalue weighted by Crippen LogP contribution is -2.50. The Hall–Kier alpha value is -5.77. The Morgan fingerprint density at radius 1 is 0.855 bits per heavy atom. The number of fused-ring (bicyclic) bond motifs is 2. The number of ether oxygens (including phenoxy) is 2. The Balaban J connectivity index is 1.25. The molecular formula is C40H45N5O9Si. The molecule has 1 N–H and O–H groups in total. The lowest BCUT2D eigenvalue weighted by Gasteiger charge is -2.38. The van der Waals surface area contributed by atoms with E-state index in [0.29, 0.717) is 12.0 Å². The average Bonchev–Trinajstić information content (AvgIpc) is 3.14. The zero-order valence-corrected chi connectivity index (χ0v) is 32.8. The van der Waals surface area contributed by atoms with Gasteiger partial charge in [0.2, 0.25) is 0 Å². The first-order valence-corrected chi connectivity index (χ1v) is 20.8. The zero-order chi connectivity index (χ0) is 40.0. The fraction of sp³-hybridized carbons (Fsp3) is 0.325. The van der Waals surface area contributed by atoms with E-state index in [9.17, 15) is 34.9 Å². The molecule has 2 aliphatic rings. The van der Waals surface area contributed by atoms with Crippen LogP contribution in [0, 0.1) is 20.2 Å². The molecule has 5 rings (SSSR count). The molecule has 0 fully saturated rings. The second-order valence-electron chi connectivity index (χ2n) is 14.2. The van der Waals surface area contributed by atoms with Gasteiger partial charge in [0.1, 0.15) is 27.7 Å². The molecule has 1 heterocycles. The Bertz CT molecular complexity index is 2130. The Labute approximate surface area is 320 Å². The maximum Gasteiger partial charge on any atom is 0.279 e. The van der Waals surface area contributed by atoms with Crippen LogP contribution in [0.1, 0.15) is 43.8 Å². The van der Waals surface area contributed by atoms with Crippen LogP contribution in [0.25, 0.3) is 5.57 Å². The van der Waals surface area contributed by atoms with Gasteiger partial charge in [-0.3, -0.25) is 25.0 Å². The quantitative estimate of drug-likeness (QED) is 0.0741. The highest BCUT2D eigenvalue weighted by atomic mass is 28.3. The summed E-state index contributed by atoms with van der Waals surface area (Å²) in [6, 6.07) is 14.6. The maximum atomic E-state index is 13.4. The average molecular weight is 768 g/mol. The van der Waals surface area contributed by atoms with Crippen LogP contribution < -0.4 is 20.5 Å². The molecule has 0 spiro atoms. The second kappa shape index (κ2) is 17.1. The number of carboxylic acid groups (broad SMARTS) is 1. The molecule has 3 aromatic rings. The number of nitro benzene ring substituents is 2. The van der Waals surface area contributed by atoms with Crippen molar-refractivity contribution in [2.45, 2.75) is 25.9 Å². The van der Waals surface area contributed by atoms with Crippen molar-refractivity contribution < 1.29 is 38.6 Å². The lowest BCUT2D eigenvalue weighted by atomic mass is 9.86. The summed E-state index contributed by atoms with van der Waals surface area (Å²) >= 11 is 0. The number of allylic oxidation sites excluding steroid dienone is 5. The molecule has 1 aliphatic carbocycles. The minimum Gasteiger partial charge on any atom is -0.545 e. The van der Waals surface area contributed by atoms with Gasteiger partial charge in [-0.25, -0.2) is 4.58 Å². The number of hydrogen-bond acceptors (Lipinski definition) is 10. The summed E-state index contributed by atoms with van der Waals surface area (Å²) in [5.74, 6) is -1.74. The number of nitrogens with zero attached hydrogens (tertiary/aromatic N) is 4. The van der Waals surface area contributed by atoms with Gasteiger partial charge in [0.15, 0.2) is 5.71 Å². The first-order chi connectivity index (χ1) is 26.1. The third-order valence-corrected chi connectivity index (χ3v) is 13.4. The molecule has 3 aromatic carbocycles. The third kappa shape index (κ3) is 8.80. The van der Waals surface area contributed by atoms with Crippen molar-refractivity contribution in [2.24, 2.45) is 0 Å². The van der Waals surface area contributed by atoms with E-state index in [1.807, 2.05) is 62.0 Å². The summed E-state index contributed by atoms with van der Waals surface area (Å²) in [6.45, 7) is 5.62. The normalized spacial score (nSPS) is 14.1. The van der Waals surface area contributed by atoms with Crippen LogP contribution >= 0.6 is 0 Å². The summed E-state index contributed by atoms with van der Waals surface area (Å²) in [4.78, 5) is 49.4. The molecule has 0 bridgehead atoms. The van der Waals surface area contributed by atoms with E-state index in [1.165, 1.54) is 40.7 Å². The van der Waals surface area contributed by atoms with Gasteiger partial charge in [0.05, 0.1) is 35.6 Å². The first kappa shape index (κ1) is 40.4. The highest BCUT2D eigenvalue weighted by Crippen LogP contribution is 2.43. The number of amides is 1. The van der Waals surface area contributed by atoms with Gasteiger partial charge in [-0.2, -0.15) is 0 Å². The van der Waals surface area contributed by atoms with E-state index >= 15 is 0 Å². The molecule has 0 saturated heterocycles. The van der Waals surface area contributed by atoms with Crippen LogP contribution in [0.2, 0.25) is 13.1 Å². The van der Waals surface area contributed by atoms with Crippen LogP contribution in [0.4, 0.5) is 17.1 Å². The van der Waals surface area contributed by atoms with E-state index in [0.717, 1.165) is 28.1 Å². The van der Waals surface area contributed by atoms with E-state index in [4.69, 9.17) is 9.47 Å². The number of anilines is 1. The maximum absolute atomic E-state index is 13.4. The molecule has 0 unspecified atom stereocenters. The topological polar surface area (TPSA) is 180 Å². The van der Waals surface area contributed by atoms with E-state index < -0.39 is 29.8 Å². The van der Waals surface area contributed by atoms with Gasteiger partial charge >= 0.3 is 0 Å². The van der Waals surface area contributed by atoms with Gasteiger partial charge in [-0.05, 0) is 81.9 Å². The number of aromatic carboxylic acids is 1. The fourth-order valence-electron chi connectivity index (χ4n) is 6.91. The molecule has 14 nitrogen and oxygen atoms in total. The van der Waals surface area contributed by atoms with Crippen LogP contribution in [-0.4, -0.2) is 101 Å². The summed E-state index contributed by atoms with van der Waals surface area (Å²) in [6.07, 6.45) is 6.71. The smallest absolute Gasteiger partial charge is 0.279 e. The molecule has 55 heavy (non-hydrogen) atoms. The van der Waals surface area contributed by atoms with Crippen molar-refractivity contribution in [3.05, 3.63) is 132 Å². The minimum absolute atomic E-state index is 0.0123.